The Kier molecular flexibility index (Phi) is 4.50. The first-order chi connectivity index (χ1) is 10.1. The summed E-state index contributed by atoms with van der Waals surface area (Å²) >= 11 is 0. The number of rotatable bonds is 5. The Labute approximate surface area is 121 Å². The molecule has 0 fully saturated rings. The first-order valence-electron chi connectivity index (χ1n) is 6.25. The number of nitrogens with one attached hydrogen (secondary N) is 2. The lowest BCUT2D eigenvalue weighted by Gasteiger charge is -2.10. The van der Waals surface area contributed by atoms with Crippen LogP contribution in [-0.2, 0) is 4.79 Å². The molecule has 0 aromatic heterocycles. The normalized spacial score (nSPS) is 9.95. The second kappa shape index (κ2) is 6.51. The van der Waals surface area contributed by atoms with Crippen molar-refractivity contribution in [3.63, 3.8) is 0 Å². The zero-order valence-corrected chi connectivity index (χ0v) is 11.1. The molecule has 0 saturated heterocycles. The number of anilines is 2. The van der Waals surface area contributed by atoms with E-state index in [4.69, 9.17) is 5.73 Å². The van der Waals surface area contributed by atoms with E-state index < -0.39 is 17.6 Å². The highest BCUT2D eigenvalue weighted by molar-refractivity contribution is 6.03. The van der Waals surface area contributed by atoms with Gasteiger partial charge < -0.3 is 16.4 Å². The number of carbonyl (C=O) groups is 2. The summed E-state index contributed by atoms with van der Waals surface area (Å²) in [5, 5.41) is 5.24. The van der Waals surface area contributed by atoms with Gasteiger partial charge in [0.05, 0.1) is 23.5 Å². The summed E-state index contributed by atoms with van der Waals surface area (Å²) < 4.78 is 13.4. The van der Waals surface area contributed by atoms with Crippen LogP contribution in [0.2, 0.25) is 0 Å². The van der Waals surface area contributed by atoms with Gasteiger partial charge in [-0.2, -0.15) is 0 Å². The number of primary amides is 1. The van der Waals surface area contributed by atoms with Gasteiger partial charge in [-0.3, -0.25) is 9.59 Å². The van der Waals surface area contributed by atoms with Crippen LogP contribution in [0.15, 0.2) is 48.5 Å². The maximum absolute atomic E-state index is 13.4. The number of hydrogen-bond donors (Lipinski definition) is 3. The summed E-state index contributed by atoms with van der Waals surface area (Å²) in [7, 11) is 0. The van der Waals surface area contributed by atoms with E-state index in [1.807, 2.05) is 0 Å². The minimum Gasteiger partial charge on any atom is -0.374 e. The molecule has 2 amide bonds. The van der Waals surface area contributed by atoms with Crippen LogP contribution in [0.1, 0.15) is 10.4 Å². The molecule has 21 heavy (non-hydrogen) atoms. The van der Waals surface area contributed by atoms with E-state index in [0.717, 1.165) is 0 Å². The molecular formula is C15H14FN3O2. The van der Waals surface area contributed by atoms with Crippen LogP contribution in [0.5, 0.6) is 0 Å². The minimum absolute atomic E-state index is 0.131. The molecule has 0 saturated carbocycles. The van der Waals surface area contributed by atoms with Crippen LogP contribution >= 0.6 is 0 Å². The number of halogens is 1. The zero-order valence-electron chi connectivity index (χ0n) is 11.1. The van der Waals surface area contributed by atoms with Gasteiger partial charge in [-0.25, -0.2) is 4.39 Å². The van der Waals surface area contributed by atoms with Crippen LogP contribution in [0, 0.1) is 5.82 Å². The summed E-state index contributed by atoms with van der Waals surface area (Å²) in [6.45, 7) is -0.131. The van der Waals surface area contributed by atoms with Gasteiger partial charge >= 0.3 is 0 Å². The first kappa shape index (κ1) is 14.5. The zero-order chi connectivity index (χ0) is 15.2. The molecule has 2 rings (SSSR count). The molecule has 0 aliphatic heterocycles. The van der Waals surface area contributed by atoms with Gasteiger partial charge in [-0.05, 0) is 24.3 Å². The lowest BCUT2D eigenvalue weighted by Crippen LogP contribution is -2.24. The quantitative estimate of drug-likeness (QED) is 0.786. The van der Waals surface area contributed by atoms with Crippen molar-refractivity contribution in [2.24, 2.45) is 5.73 Å². The lowest BCUT2D eigenvalue weighted by atomic mass is 10.1. The second-order valence-corrected chi connectivity index (χ2v) is 4.29. The molecule has 0 aliphatic carbocycles. The maximum atomic E-state index is 13.4. The highest BCUT2D eigenvalue weighted by atomic mass is 19.1. The monoisotopic (exact) mass is 287 g/mol. The third-order valence-corrected chi connectivity index (χ3v) is 2.78. The molecule has 0 unspecified atom stereocenters. The highest BCUT2D eigenvalue weighted by Crippen LogP contribution is 2.15. The molecule has 2 aromatic carbocycles. The first-order valence-corrected chi connectivity index (χ1v) is 6.25. The predicted octanol–water partition coefficient (Wildman–Crippen LogP) is 1.98. The topological polar surface area (TPSA) is 84.2 Å². The fourth-order valence-electron chi connectivity index (χ4n) is 1.78. The molecular weight excluding hydrogens is 273 g/mol. The van der Waals surface area contributed by atoms with Crippen molar-refractivity contribution >= 4 is 23.2 Å². The van der Waals surface area contributed by atoms with Gasteiger partial charge in [0, 0.05) is 0 Å². The van der Waals surface area contributed by atoms with Crippen molar-refractivity contribution < 1.29 is 14.0 Å². The Morgan fingerprint density at radius 3 is 2.29 bits per heavy atom. The van der Waals surface area contributed by atoms with Gasteiger partial charge in [-0.15, -0.1) is 0 Å². The number of para-hydroxylation sites is 2. The predicted molar refractivity (Wildman–Crippen MR) is 78.5 cm³/mol. The lowest BCUT2D eigenvalue weighted by molar-refractivity contribution is -0.114. The Bertz CT molecular complexity index is 673. The molecule has 4 N–H and O–H groups in total. The maximum Gasteiger partial charge on any atom is 0.250 e. The van der Waals surface area contributed by atoms with E-state index in [1.165, 1.54) is 18.2 Å². The van der Waals surface area contributed by atoms with Crippen molar-refractivity contribution in [2.45, 2.75) is 0 Å². The Morgan fingerprint density at radius 1 is 1.00 bits per heavy atom. The number of nitrogens with two attached hydrogens (primary N) is 1. The van der Waals surface area contributed by atoms with Crippen LogP contribution in [0.4, 0.5) is 15.8 Å². The summed E-state index contributed by atoms with van der Waals surface area (Å²) in [5.41, 5.74) is 6.00. The second-order valence-electron chi connectivity index (χ2n) is 4.29. The van der Waals surface area contributed by atoms with Crippen molar-refractivity contribution in [2.75, 3.05) is 17.2 Å². The molecule has 0 atom stereocenters. The van der Waals surface area contributed by atoms with Crippen molar-refractivity contribution in [1.82, 2.24) is 0 Å². The van der Waals surface area contributed by atoms with Gasteiger partial charge in [0.1, 0.15) is 5.82 Å². The van der Waals surface area contributed by atoms with E-state index in [9.17, 15) is 14.0 Å². The number of benzene rings is 2. The van der Waals surface area contributed by atoms with E-state index in [1.54, 1.807) is 30.3 Å². The smallest absolute Gasteiger partial charge is 0.250 e. The SMILES string of the molecule is NC(=O)c1ccccc1NC(=O)CNc1ccccc1F. The molecule has 5 nitrogen and oxygen atoms in total. The van der Waals surface area contributed by atoms with E-state index in [0.29, 0.717) is 5.69 Å². The number of carbonyl (C=O) groups excluding carboxylic acids is 2. The van der Waals surface area contributed by atoms with Gasteiger partial charge in [0.25, 0.3) is 5.91 Å². The summed E-state index contributed by atoms with van der Waals surface area (Å²) in [4.78, 5) is 23.1. The highest BCUT2D eigenvalue weighted by Gasteiger charge is 2.10. The van der Waals surface area contributed by atoms with Crippen molar-refractivity contribution in [1.29, 1.82) is 0 Å². The summed E-state index contributed by atoms with van der Waals surface area (Å²) in [5.74, 6) is -1.48. The minimum atomic E-state index is -0.632. The molecule has 6 heteroatoms. The average molecular weight is 287 g/mol. The summed E-state index contributed by atoms with van der Waals surface area (Å²) in [6.07, 6.45) is 0. The van der Waals surface area contributed by atoms with Crippen molar-refractivity contribution in [3.8, 4) is 0 Å². The van der Waals surface area contributed by atoms with Gasteiger partial charge in [-0.1, -0.05) is 24.3 Å². The van der Waals surface area contributed by atoms with Crippen LogP contribution < -0.4 is 16.4 Å². The Balaban J connectivity index is 2.00. The molecule has 0 aliphatic rings. The molecule has 108 valence electrons. The van der Waals surface area contributed by atoms with Crippen LogP contribution in [0.25, 0.3) is 0 Å². The van der Waals surface area contributed by atoms with E-state index >= 15 is 0 Å². The Morgan fingerprint density at radius 2 is 1.62 bits per heavy atom. The van der Waals surface area contributed by atoms with Crippen LogP contribution in [0.3, 0.4) is 0 Å². The van der Waals surface area contributed by atoms with Gasteiger partial charge in [0.2, 0.25) is 5.91 Å². The third-order valence-electron chi connectivity index (χ3n) is 2.78. The standard InChI is InChI=1S/C15H14FN3O2/c16-11-6-2-4-8-13(11)18-9-14(20)19-12-7-3-1-5-10(12)15(17)21/h1-8,18H,9H2,(H2,17,21)(H,19,20). The molecule has 0 heterocycles. The number of hydrogen-bond acceptors (Lipinski definition) is 3. The summed E-state index contributed by atoms with van der Waals surface area (Å²) in [6, 6.07) is 12.4. The fourth-order valence-corrected chi connectivity index (χ4v) is 1.78. The Hall–Kier alpha value is -2.89. The van der Waals surface area contributed by atoms with Gasteiger partial charge in [0.15, 0.2) is 0 Å². The fraction of sp³-hybridized carbons (Fsp3) is 0.0667. The molecule has 0 radical (unpaired) electrons. The van der Waals surface area contributed by atoms with Crippen LogP contribution in [-0.4, -0.2) is 18.4 Å². The third kappa shape index (κ3) is 3.79. The van der Waals surface area contributed by atoms with E-state index in [-0.39, 0.29) is 17.8 Å². The average Bonchev–Trinajstić information content (AvgIpc) is 2.47. The van der Waals surface area contributed by atoms with Crippen molar-refractivity contribution in [3.05, 3.63) is 59.9 Å². The molecule has 0 bridgehead atoms. The molecule has 0 spiro atoms. The van der Waals surface area contributed by atoms with E-state index in [2.05, 4.69) is 10.6 Å². The molecule has 2 aromatic rings. The number of amides is 2. The largest absolute Gasteiger partial charge is 0.374 e.